The Morgan fingerprint density at radius 2 is 1.62 bits per heavy atom. The fraction of sp³-hybridized carbons (Fsp3) is 0.619. The van der Waals surface area contributed by atoms with E-state index in [0.717, 1.165) is 24.8 Å². The summed E-state index contributed by atoms with van der Waals surface area (Å²) < 4.78 is 27.0. The highest BCUT2D eigenvalue weighted by Crippen LogP contribution is 2.22. The van der Waals surface area contributed by atoms with E-state index in [1.807, 2.05) is 17.0 Å². The molecular formula is C21H31N3O4S. The van der Waals surface area contributed by atoms with Crippen molar-refractivity contribution >= 4 is 21.8 Å². The minimum Gasteiger partial charge on any atom is -0.359 e. The predicted molar refractivity (Wildman–Crippen MR) is 111 cm³/mol. The number of hydrogen-bond donors (Lipinski definition) is 1. The highest BCUT2D eigenvalue weighted by molar-refractivity contribution is 7.89. The molecule has 2 aliphatic rings. The number of nitrogens with one attached hydrogen (secondary N) is 1. The lowest BCUT2D eigenvalue weighted by atomic mass is 9.95. The van der Waals surface area contributed by atoms with Gasteiger partial charge in [0, 0.05) is 45.6 Å². The Morgan fingerprint density at radius 1 is 1.00 bits per heavy atom. The van der Waals surface area contributed by atoms with Crippen molar-refractivity contribution in [2.45, 2.75) is 49.8 Å². The third-order valence-corrected chi connectivity index (χ3v) is 7.88. The number of likely N-dealkylation sites (tertiary alicyclic amines) is 1. The van der Waals surface area contributed by atoms with Crippen LogP contribution in [-0.4, -0.2) is 62.7 Å². The van der Waals surface area contributed by atoms with Crippen LogP contribution in [0.2, 0.25) is 0 Å². The summed E-state index contributed by atoms with van der Waals surface area (Å²) in [5.41, 5.74) is 0.955. The quantitative estimate of drug-likeness (QED) is 0.759. The van der Waals surface area contributed by atoms with Crippen molar-refractivity contribution in [3.8, 4) is 0 Å². The Morgan fingerprint density at radius 3 is 2.21 bits per heavy atom. The molecule has 0 spiro atoms. The van der Waals surface area contributed by atoms with E-state index >= 15 is 0 Å². The first-order valence-electron chi connectivity index (χ1n) is 10.5. The molecule has 0 saturated carbocycles. The van der Waals surface area contributed by atoms with Gasteiger partial charge in [0.2, 0.25) is 21.8 Å². The number of amides is 2. The number of nitrogens with zero attached hydrogens (tertiary/aromatic N) is 2. The zero-order valence-corrected chi connectivity index (χ0v) is 17.9. The van der Waals surface area contributed by atoms with Gasteiger partial charge in [-0.3, -0.25) is 9.59 Å². The number of rotatable bonds is 6. The molecule has 3 rings (SSSR count). The molecule has 0 bridgehead atoms. The summed E-state index contributed by atoms with van der Waals surface area (Å²) in [5.74, 6) is 0.139. The number of benzene rings is 1. The summed E-state index contributed by atoms with van der Waals surface area (Å²) in [5, 5.41) is 2.67. The number of hydrogen-bond acceptors (Lipinski definition) is 4. The molecule has 1 N–H and O–H groups in total. The van der Waals surface area contributed by atoms with Gasteiger partial charge in [-0.05, 0) is 49.8 Å². The van der Waals surface area contributed by atoms with Gasteiger partial charge in [0.1, 0.15) is 0 Å². The van der Waals surface area contributed by atoms with Crippen molar-refractivity contribution in [3.63, 3.8) is 0 Å². The lowest BCUT2D eigenvalue weighted by molar-refractivity contribution is -0.135. The smallest absolute Gasteiger partial charge is 0.243 e. The van der Waals surface area contributed by atoms with Crippen LogP contribution in [0, 0.1) is 5.92 Å². The summed E-state index contributed by atoms with van der Waals surface area (Å²) in [6.45, 7) is 2.41. The fourth-order valence-electron chi connectivity index (χ4n) is 4.09. The van der Waals surface area contributed by atoms with Crippen LogP contribution in [0.5, 0.6) is 0 Å². The molecule has 2 saturated heterocycles. The highest BCUT2D eigenvalue weighted by atomic mass is 32.2. The van der Waals surface area contributed by atoms with Gasteiger partial charge in [-0.15, -0.1) is 0 Å². The SMILES string of the molecule is CNC(=O)C1CCN(C(=O)CCc2ccc(S(=O)(=O)N3CCCCC3)cc2)CC1. The van der Waals surface area contributed by atoms with Gasteiger partial charge < -0.3 is 10.2 Å². The van der Waals surface area contributed by atoms with Crippen LogP contribution in [0.15, 0.2) is 29.2 Å². The van der Waals surface area contributed by atoms with E-state index in [9.17, 15) is 18.0 Å². The molecule has 0 atom stereocenters. The maximum absolute atomic E-state index is 12.7. The third-order valence-electron chi connectivity index (χ3n) is 5.97. The zero-order chi connectivity index (χ0) is 20.9. The topological polar surface area (TPSA) is 86.8 Å². The molecule has 0 aliphatic carbocycles. The van der Waals surface area contributed by atoms with Gasteiger partial charge in [0.25, 0.3) is 0 Å². The van der Waals surface area contributed by atoms with E-state index < -0.39 is 10.0 Å². The van der Waals surface area contributed by atoms with Gasteiger partial charge in [-0.25, -0.2) is 8.42 Å². The van der Waals surface area contributed by atoms with Gasteiger partial charge in [0.15, 0.2) is 0 Å². The Labute approximate surface area is 173 Å². The summed E-state index contributed by atoms with van der Waals surface area (Å²) in [4.78, 5) is 26.3. The number of sulfonamides is 1. The van der Waals surface area contributed by atoms with E-state index in [1.54, 1.807) is 23.5 Å². The van der Waals surface area contributed by atoms with Crippen LogP contribution in [0.3, 0.4) is 0 Å². The van der Waals surface area contributed by atoms with Crippen LogP contribution in [0.4, 0.5) is 0 Å². The maximum Gasteiger partial charge on any atom is 0.243 e. The lowest BCUT2D eigenvalue weighted by Crippen LogP contribution is -2.42. The van der Waals surface area contributed by atoms with Crippen molar-refractivity contribution in [3.05, 3.63) is 29.8 Å². The minimum absolute atomic E-state index is 0.00144. The molecule has 2 fully saturated rings. The monoisotopic (exact) mass is 421 g/mol. The molecule has 1 aromatic rings. The molecule has 0 unspecified atom stereocenters. The van der Waals surface area contributed by atoms with E-state index in [-0.39, 0.29) is 17.7 Å². The number of carbonyl (C=O) groups is 2. The molecule has 0 aromatic heterocycles. The molecule has 2 amide bonds. The second-order valence-electron chi connectivity index (χ2n) is 7.88. The second-order valence-corrected chi connectivity index (χ2v) is 9.82. The molecule has 160 valence electrons. The normalized spacial score (nSPS) is 19.1. The Bertz CT molecular complexity index is 809. The van der Waals surface area contributed by atoms with Crippen LogP contribution >= 0.6 is 0 Å². The van der Waals surface area contributed by atoms with E-state index in [4.69, 9.17) is 0 Å². The lowest BCUT2D eigenvalue weighted by Gasteiger charge is -2.31. The molecule has 0 radical (unpaired) electrons. The predicted octanol–water partition coefficient (Wildman–Crippen LogP) is 1.78. The van der Waals surface area contributed by atoms with Crippen LogP contribution < -0.4 is 5.32 Å². The molecule has 29 heavy (non-hydrogen) atoms. The number of carbonyl (C=O) groups excluding carboxylic acids is 2. The summed E-state index contributed by atoms with van der Waals surface area (Å²) in [7, 11) is -1.77. The Hall–Kier alpha value is -1.93. The standard InChI is InChI=1S/C21H31N3O4S/c1-22-21(26)18-11-15-23(16-12-18)20(25)10-7-17-5-8-19(9-6-17)29(27,28)24-13-3-2-4-14-24/h5-6,8-9,18H,2-4,7,10-16H2,1H3,(H,22,26). The van der Waals surface area contributed by atoms with E-state index in [2.05, 4.69) is 5.32 Å². The summed E-state index contributed by atoms with van der Waals surface area (Å²) >= 11 is 0. The minimum atomic E-state index is -3.42. The number of aryl methyl sites for hydroxylation is 1. The van der Waals surface area contributed by atoms with Gasteiger partial charge in [0.05, 0.1) is 4.90 Å². The summed E-state index contributed by atoms with van der Waals surface area (Å²) in [6, 6.07) is 6.92. The summed E-state index contributed by atoms with van der Waals surface area (Å²) in [6.07, 6.45) is 5.30. The molecule has 7 nitrogen and oxygen atoms in total. The van der Waals surface area contributed by atoms with Crippen molar-refractivity contribution < 1.29 is 18.0 Å². The highest BCUT2D eigenvalue weighted by Gasteiger charge is 2.27. The first kappa shape index (κ1) is 21.8. The zero-order valence-electron chi connectivity index (χ0n) is 17.1. The fourth-order valence-corrected chi connectivity index (χ4v) is 5.60. The molecule has 2 aliphatic heterocycles. The van der Waals surface area contributed by atoms with Crippen LogP contribution in [0.1, 0.15) is 44.1 Å². The average molecular weight is 422 g/mol. The maximum atomic E-state index is 12.7. The van der Waals surface area contributed by atoms with E-state index in [0.29, 0.717) is 56.8 Å². The van der Waals surface area contributed by atoms with Gasteiger partial charge in [-0.1, -0.05) is 18.6 Å². The largest absolute Gasteiger partial charge is 0.359 e. The molecule has 8 heteroatoms. The van der Waals surface area contributed by atoms with Gasteiger partial charge >= 0.3 is 0 Å². The third kappa shape index (κ3) is 5.36. The van der Waals surface area contributed by atoms with Gasteiger partial charge in [-0.2, -0.15) is 4.31 Å². The Balaban J connectivity index is 1.50. The first-order chi connectivity index (χ1) is 13.9. The molecule has 1 aromatic carbocycles. The van der Waals surface area contributed by atoms with Crippen molar-refractivity contribution in [2.75, 3.05) is 33.2 Å². The Kier molecular flexibility index (Phi) is 7.29. The van der Waals surface area contributed by atoms with Crippen LogP contribution in [0.25, 0.3) is 0 Å². The average Bonchev–Trinajstić information content (AvgIpc) is 2.78. The van der Waals surface area contributed by atoms with Crippen molar-refractivity contribution in [1.29, 1.82) is 0 Å². The van der Waals surface area contributed by atoms with Crippen molar-refractivity contribution in [2.24, 2.45) is 5.92 Å². The van der Waals surface area contributed by atoms with Crippen molar-refractivity contribution in [1.82, 2.24) is 14.5 Å². The first-order valence-corrected chi connectivity index (χ1v) is 11.9. The number of piperidine rings is 2. The second kappa shape index (κ2) is 9.71. The van der Waals surface area contributed by atoms with E-state index in [1.165, 1.54) is 0 Å². The molecule has 2 heterocycles. The molecular weight excluding hydrogens is 390 g/mol. The van der Waals surface area contributed by atoms with Crippen LogP contribution in [-0.2, 0) is 26.0 Å².